The molecule has 0 radical (unpaired) electrons. The van der Waals surface area contributed by atoms with E-state index in [1.54, 1.807) is 0 Å². The molecule has 0 N–H and O–H groups in total. The Hall–Kier alpha value is -6.85. The van der Waals surface area contributed by atoms with Crippen LogP contribution < -0.4 is 0 Å². The fraction of sp³-hybridized carbons (Fsp3) is 0. The van der Waals surface area contributed by atoms with Crippen molar-refractivity contribution in [2.75, 3.05) is 0 Å². The van der Waals surface area contributed by atoms with E-state index in [4.69, 9.17) is 4.98 Å². The molecule has 5 heteroatoms. The molecule has 0 amide bonds. The molecule has 0 aliphatic heterocycles. The number of hydrogen-bond acceptors (Lipinski definition) is 1. The van der Waals surface area contributed by atoms with Crippen molar-refractivity contribution in [3.8, 4) is 22.7 Å². The third kappa shape index (κ3) is 3.74. The summed E-state index contributed by atoms with van der Waals surface area (Å²) >= 11 is 0. The third-order valence-electron chi connectivity index (χ3n) is 10.3. The molecule has 0 bridgehead atoms. The van der Waals surface area contributed by atoms with Crippen molar-refractivity contribution >= 4 is 65.4 Å². The molecule has 0 atom stereocenters. The van der Waals surface area contributed by atoms with Crippen molar-refractivity contribution < 1.29 is 0 Å². The molecule has 5 aromatic heterocycles. The van der Waals surface area contributed by atoms with Crippen LogP contribution in [0.1, 0.15) is 0 Å². The molecule has 11 rings (SSSR count). The molecule has 234 valence electrons. The maximum atomic E-state index is 4.89. The van der Waals surface area contributed by atoms with Crippen molar-refractivity contribution in [1.29, 1.82) is 0 Å². The Morgan fingerprint density at radius 2 is 0.720 bits per heavy atom. The lowest BCUT2D eigenvalue weighted by Crippen LogP contribution is -2.00. The Morgan fingerprint density at radius 3 is 1.20 bits per heavy atom. The second-order valence-electron chi connectivity index (χ2n) is 12.9. The molecule has 11 aromatic rings. The minimum Gasteiger partial charge on any atom is -0.317 e. The number of aromatic nitrogens is 5. The third-order valence-corrected chi connectivity index (χ3v) is 10.3. The number of nitrogens with zero attached hydrogens (tertiary/aromatic N) is 5. The standard InChI is InChI=1S/C45H29N5/c1-3-11-30(12-4-1)47-25-23-36-38(47)19-21-42-44(36)34-15-7-9-17-40(34)49(42)32-27-33(29-46-28-32)50-41-18-10-8-16-35(41)45-37-24-26-48(31-13-5-2-6-14-31)39(37)20-22-43(45)50/h1-29H. The van der Waals surface area contributed by atoms with Crippen molar-refractivity contribution in [3.63, 3.8) is 0 Å². The largest absolute Gasteiger partial charge is 0.317 e. The lowest BCUT2D eigenvalue weighted by molar-refractivity contribution is 1.09. The van der Waals surface area contributed by atoms with E-state index in [-0.39, 0.29) is 0 Å². The van der Waals surface area contributed by atoms with Crippen molar-refractivity contribution in [2.24, 2.45) is 0 Å². The molecule has 0 fully saturated rings. The maximum Gasteiger partial charge on any atom is 0.0666 e. The number of pyridine rings is 1. The fourth-order valence-corrected chi connectivity index (χ4v) is 8.21. The van der Waals surface area contributed by atoms with Crippen LogP contribution >= 0.6 is 0 Å². The Labute approximate surface area is 287 Å². The van der Waals surface area contributed by atoms with Gasteiger partial charge in [-0.05, 0) is 78.9 Å². The minimum atomic E-state index is 1.03. The summed E-state index contributed by atoms with van der Waals surface area (Å²) in [5.74, 6) is 0. The molecule has 6 aromatic carbocycles. The highest BCUT2D eigenvalue weighted by molar-refractivity contribution is 6.22. The van der Waals surface area contributed by atoms with Crippen molar-refractivity contribution in [3.05, 3.63) is 176 Å². The van der Waals surface area contributed by atoms with Gasteiger partial charge in [0.1, 0.15) is 0 Å². The van der Waals surface area contributed by atoms with E-state index < -0.39 is 0 Å². The van der Waals surface area contributed by atoms with Crippen LogP contribution in [0.4, 0.5) is 0 Å². The molecule has 50 heavy (non-hydrogen) atoms. The van der Waals surface area contributed by atoms with Gasteiger partial charge < -0.3 is 18.3 Å². The van der Waals surface area contributed by atoms with Crippen molar-refractivity contribution in [1.82, 2.24) is 23.3 Å². The molecule has 0 aliphatic carbocycles. The SMILES string of the molecule is c1ccc(-n2ccc3c4c5ccccc5n(-c5cncc(-n6c7ccccc7c7c8ccn(-c9ccccc9)c8ccc76)c5)c4ccc32)cc1. The van der Waals surface area contributed by atoms with E-state index in [9.17, 15) is 0 Å². The highest BCUT2D eigenvalue weighted by atomic mass is 15.0. The minimum absolute atomic E-state index is 1.03. The van der Waals surface area contributed by atoms with Gasteiger partial charge in [0.15, 0.2) is 0 Å². The average molecular weight is 640 g/mol. The lowest BCUT2D eigenvalue weighted by atomic mass is 10.1. The van der Waals surface area contributed by atoms with Gasteiger partial charge >= 0.3 is 0 Å². The molecule has 5 heterocycles. The van der Waals surface area contributed by atoms with E-state index in [1.165, 1.54) is 43.4 Å². The summed E-state index contributed by atoms with van der Waals surface area (Å²) < 4.78 is 9.28. The summed E-state index contributed by atoms with van der Waals surface area (Å²) in [5.41, 5.74) is 11.4. The number of hydrogen-bond donors (Lipinski definition) is 0. The molecule has 0 aliphatic rings. The van der Waals surface area contributed by atoms with Gasteiger partial charge in [-0.1, -0.05) is 72.8 Å². The van der Waals surface area contributed by atoms with Gasteiger partial charge in [0.2, 0.25) is 0 Å². The Bertz CT molecular complexity index is 2880. The first-order valence-corrected chi connectivity index (χ1v) is 17.0. The highest BCUT2D eigenvalue weighted by Crippen LogP contribution is 2.40. The van der Waals surface area contributed by atoms with Crippen LogP contribution in [0.25, 0.3) is 88.2 Å². The van der Waals surface area contributed by atoms with Gasteiger partial charge in [0.25, 0.3) is 0 Å². The monoisotopic (exact) mass is 639 g/mol. The summed E-state index contributed by atoms with van der Waals surface area (Å²) in [7, 11) is 0. The Kier molecular flexibility index (Phi) is 5.60. The van der Waals surface area contributed by atoms with Crippen LogP contribution in [0, 0.1) is 0 Å². The highest BCUT2D eigenvalue weighted by Gasteiger charge is 2.20. The van der Waals surface area contributed by atoms with Gasteiger partial charge in [0.05, 0.1) is 56.9 Å². The summed E-state index contributed by atoms with van der Waals surface area (Å²) in [4.78, 5) is 4.89. The zero-order valence-electron chi connectivity index (χ0n) is 27.0. The van der Waals surface area contributed by atoms with E-state index in [1.807, 2.05) is 12.4 Å². The van der Waals surface area contributed by atoms with E-state index in [0.717, 1.165) is 44.8 Å². The smallest absolute Gasteiger partial charge is 0.0666 e. The number of para-hydroxylation sites is 4. The van der Waals surface area contributed by atoms with Gasteiger partial charge in [-0.3, -0.25) is 4.98 Å². The van der Waals surface area contributed by atoms with Crippen LogP contribution in [0.2, 0.25) is 0 Å². The molecule has 0 saturated heterocycles. The zero-order chi connectivity index (χ0) is 32.8. The quantitative estimate of drug-likeness (QED) is 0.189. The predicted molar refractivity (Wildman–Crippen MR) is 207 cm³/mol. The zero-order valence-corrected chi connectivity index (χ0v) is 27.0. The normalized spacial score (nSPS) is 12.0. The van der Waals surface area contributed by atoms with E-state index in [0.29, 0.717) is 0 Å². The molecule has 5 nitrogen and oxygen atoms in total. The number of rotatable bonds is 4. The second-order valence-corrected chi connectivity index (χ2v) is 12.9. The van der Waals surface area contributed by atoms with E-state index >= 15 is 0 Å². The van der Waals surface area contributed by atoms with Crippen LogP contribution in [0.5, 0.6) is 0 Å². The molecule has 0 saturated carbocycles. The first kappa shape index (κ1) is 27.1. The lowest BCUT2D eigenvalue weighted by Gasteiger charge is -2.12. The summed E-state index contributed by atoms with van der Waals surface area (Å²) in [5, 5.41) is 7.43. The maximum absolute atomic E-state index is 4.89. The molecular weight excluding hydrogens is 611 g/mol. The summed E-state index contributed by atoms with van der Waals surface area (Å²) in [6.45, 7) is 0. The fourth-order valence-electron chi connectivity index (χ4n) is 8.21. The summed E-state index contributed by atoms with van der Waals surface area (Å²) in [6.07, 6.45) is 8.34. The van der Waals surface area contributed by atoms with Gasteiger partial charge in [0, 0.05) is 56.1 Å². The summed E-state index contributed by atoms with van der Waals surface area (Å²) in [6, 6.07) is 54.3. The van der Waals surface area contributed by atoms with Crippen molar-refractivity contribution in [2.45, 2.75) is 0 Å². The first-order chi connectivity index (χ1) is 24.8. The molecule has 0 unspecified atom stereocenters. The molecule has 0 spiro atoms. The second kappa shape index (κ2) is 10.3. The molecular formula is C45H29N5. The van der Waals surface area contributed by atoms with Crippen LogP contribution in [0.15, 0.2) is 176 Å². The van der Waals surface area contributed by atoms with Crippen LogP contribution in [-0.4, -0.2) is 23.3 Å². The van der Waals surface area contributed by atoms with Gasteiger partial charge in [-0.2, -0.15) is 0 Å². The number of fused-ring (bicyclic) bond motifs is 10. The van der Waals surface area contributed by atoms with E-state index in [2.05, 4.69) is 182 Å². The van der Waals surface area contributed by atoms with Gasteiger partial charge in [-0.15, -0.1) is 0 Å². The van der Waals surface area contributed by atoms with Crippen LogP contribution in [0.3, 0.4) is 0 Å². The average Bonchev–Trinajstić information content (AvgIpc) is 3.96. The first-order valence-electron chi connectivity index (χ1n) is 17.0. The van der Waals surface area contributed by atoms with Crippen LogP contribution in [-0.2, 0) is 0 Å². The predicted octanol–water partition coefficient (Wildman–Crippen LogP) is 11.2. The Balaban J connectivity index is 1.14. The van der Waals surface area contributed by atoms with Gasteiger partial charge in [-0.25, -0.2) is 0 Å². The number of benzene rings is 6. The Morgan fingerprint density at radius 1 is 0.320 bits per heavy atom. The topological polar surface area (TPSA) is 32.6 Å².